The summed E-state index contributed by atoms with van der Waals surface area (Å²) in [4.78, 5) is 29.4. The molecule has 7 heteroatoms. The molecule has 148 valence electrons. The van der Waals surface area contributed by atoms with Gasteiger partial charge in [-0.15, -0.1) is 0 Å². The first-order valence-electron chi connectivity index (χ1n) is 9.42. The van der Waals surface area contributed by atoms with Crippen LogP contribution in [0.3, 0.4) is 0 Å². The highest BCUT2D eigenvalue weighted by Crippen LogP contribution is 2.25. The van der Waals surface area contributed by atoms with Gasteiger partial charge in [-0.3, -0.25) is 4.79 Å². The van der Waals surface area contributed by atoms with Crippen molar-refractivity contribution >= 4 is 22.9 Å². The summed E-state index contributed by atoms with van der Waals surface area (Å²) < 4.78 is 7.06. The van der Waals surface area contributed by atoms with Crippen molar-refractivity contribution in [3.8, 4) is 0 Å². The maximum absolute atomic E-state index is 12.7. The van der Waals surface area contributed by atoms with Gasteiger partial charge in [-0.05, 0) is 46.1 Å². The zero-order valence-corrected chi connectivity index (χ0v) is 17.3. The second-order valence-corrected chi connectivity index (χ2v) is 8.03. The SMILES string of the molecule is CCC(C)(C)NC(=O)COC(=O)c1cc(C(C)C)nc2c1cnn2C(C)C. The van der Waals surface area contributed by atoms with Gasteiger partial charge in [-0.2, -0.15) is 5.10 Å². The van der Waals surface area contributed by atoms with Crippen LogP contribution in [0.25, 0.3) is 11.0 Å². The summed E-state index contributed by atoms with van der Waals surface area (Å²) in [7, 11) is 0. The number of nitrogens with zero attached hydrogens (tertiary/aromatic N) is 3. The van der Waals surface area contributed by atoms with Gasteiger partial charge in [-0.1, -0.05) is 20.8 Å². The minimum atomic E-state index is -0.544. The van der Waals surface area contributed by atoms with Crippen LogP contribution in [0, 0.1) is 0 Å². The molecule has 2 aromatic heterocycles. The van der Waals surface area contributed by atoms with Crippen LogP contribution in [0.1, 0.15) is 82.9 Å². The number of fused-ring (bicyclic) bond motifs is 1. The monoisotopic (exact) mass is 374 g/mol. The lowest BCUT2D eigenvalue weighted by Crippen LogP contribution is -2.44. The van der Waals surface area contributed by atoms with Crippen molar-refractivity contribution in [1.29, 1.82) is 0 Å². The molecule has 1 amide bonds. The first-order valence-corrected chi connectivity index (χ1v) is 9.42. The molecule has 0 saturated carbocycles. The van der Waals surface area contributed by atoms with Crippen LogP contribution in [0.5, 0.6) is 0 Å². The molecule has 0 aliphatic rings. The third-order valence-electron chi connectivity index (χ3n) is 4.58. The third kappa shape index (κ3) is 4.84. The zero-order chi connectivity index (χ0) is 20.4. The Kier molecular flexibility index (Phi) is 6.23. The number of ether oxygens (including phenoxy) is 1. The van der Waals surface area contributed by atoms with Crippen molar-refractivity contribution in [3.05, 3.63) is 23.5 Å². The number of aromatic nitrogens is 3. The maximum Gasteiger partial charge on any atom is 0.339 e. The lowest BCUT2D eigenvalue weighted by molar-refractivity contribution is -0.125. The van der Waals surface area contributed by atoms with E-state index in [1.165, 1.54) is 0 Å². The highest BCUT2D eigenvalue weighted by Gasteiger charge is 2.22. The van der Waals surface area contributed by atoms with Crippen LogP contribution in [-0.2, 0) is 9.53 Å². The molecule has 0 unspecified atom stereocenters. The van der Waals surface area contributed by atoms with Crippen LogP contribution in [-0.4, -0.2) is 38.8 Å². The van der Waals surface area contributed by atoms with Crippen molar-refractivity contribution < 1.29 is 14.3 Å². The van der Waals surface area contributed by atoms with E-state index in [2.05, 4.69) is 15.4 Å². The molecule has 0 bridgehead atoms. The highest BCUT2D eigenvalue weighted by molar-refractivity contribution is 6.03. The van der Waals surface area contributed by atoms with Gasteiger partial charge in [-0.25, -0.2) is 14.5 Å². The number of esters is 1. The Morgan fingerprint density at radius 2 is 1.93 bits per heavy atom. The fraction of sp³-hybridized carbons (Fsp3) is 0.600. The largest absolute Gasteiger partial charge is 0.452 e. The van der Waals surface area contributed by atoms with E-state index in [9.17, 15) is 9.59 Å². The summed E-state index contributed by atoms with van der Waals surface area (Å²) >= 11 is 0. The van der Waals surface area contributed by atoms with Gasteiger partial charge in [0.1, 0.15) is 0 Å². The summed E-state index contributed by atoms with van der Waals surface area (Å²) in [6.07, 6.45) is 2.41. The van der Waals surface area contributed by atoms with Crippen LogP contribution >= 0.6 is 0 Å². The molecule has 0 radical (unpaired) electrons. The average molecular weight is 374 g/mol. The minimum absolute atomic E-state index is 0.114. The maximum atomic E-state index is 12.7. The molecular weight excluding hydrogens is 344 g/mol. The molecule has 0 aromatic carbocycles. The van der Waals surface area contributed by atoms with Crippen molar-refractivity contribution in [1.82, 2.24) is 20.1 Å². The number of amides is 1. The fourth-order valence-electron chi connectivity index (χ4n) is 2.59. The van der Waals surface area contributed by atoms with Crippen LogP contribution in [0.2, 0.25) is 0 Å². The van der Waals surface area contributed by atoms with Gasteiger partial charge in [0.15, 0.2) is 12.3 Å². The van der Waals surface area contributed by atoms with Crippen molar-refractivity contribution in [2.24, 2.45) is 0 Å². The lowest BCUT2D eigenvalue weighted by atomic mass is 10.0. The summed E-state index contributed by atoms with van der Waals surface area (Å²) in [6.45, 7) is 13.6. The van der Waals surface area contributed by atoms with E-state index in [-0.39, 0.29) is 30.0 Å². The summed E-state index contributed by atoms with van der Waals surface area (Å²) in [6, 6.07) is 1.85. The number of nitrogens with one attached hydrogen (secondary N) is 1. The van der Waals surface area contributed by atoms with Crippen molar-refractivity contribution in [3.63, 3.8) is 0 Å². The van der Waals surface area contributed by atoms with Crippen LogP contribution in [0.4, 0.5) is 0 Å². The van der Waals surface area contributed by atoms with Crippen LogP contribution < -0.4 is 5.32 Å². The molecule has 2 rings (SSSR count). The first-order chi connectivity index (χ1) is 12.6. The number of rotatable bonds is 7. The average Bonchev–Trinajstić information content (AvgIpc) is 3.02. The molecule has 0 spiro atoms. The van der Waals surface area contributed by atoms with E-state index < -0.39 is 5.97 Å². The predicted molar refractivity (Wildman–Crippen MR) is 105 cm³/mol. The summed E-state index contributed by atoms with van der Waals surface area (Å²) in [5.41, 5.74) is 1.49. The standard InChI is InChI=1S/C20H30N4O3/c1-8-20(6,7)23-17(25)11-27-19(26)14-9-16(12(2)3)22-18-15(14)10-21-24(18)13(4)5/h9-10,12-13H,8,11H2,1-7H3,(H,23,25). The number of pyridine rings is 1. The Bertz CT molecular complexity index is 837. The lowest BCUT2D eigenvalue weighted by Gasteiger charge is -2.24. The molecule has 27 heavy (non-hydrogen) atoms. The molecule has 2 aromatic rings. The van der Waals surface area contributed by atoms with Gasteiger partial charge in [0, 0.05) is 17.3 Å². The smallest absolute Gasteiger partial charge is 0.339 e. The summed E-state index contributed by atoms with van der Waals surface area (Å²) in [5.74, 6) is -0.718. The summed E-state index contributed by atoms with van der Waals surface area (Å²) in [5, 5.41) is 7.85. The van der Waals surface area contributed by atoms with E-state index in [0.717, 1.165) is 12.1 Å². The van der Waals surface area contributed by atoms with Gasteiger partial charge in [0.05, 0.1) is 17.1 Å². The number of hydrogen-bond donors (Lipinski definition) is 1. The first kappa shape index (κ1) is 20.9. The van der Waals surface area contributed by atoms with Gasteiger partial charge in [0.2, 0.25) is 0 Å². The molecular formula is C20H30N4O3. The van der Waals surface area contributed by atoms with E-state index >= 15 is 0 Å². The molecule has 7 nitrogen and oxygen atoms in total. The fourth-order valence-corrected chi connectivity index (χ4v) is 2.59. The predicted octanol–water partition coefficient (Wildman–Crippen LogP) is 3.60. The topological polar surface area (TPSA) is 86.1 Å². The van der Waals surface area contributed by atoms with E-state index in [1.54, 1.807) is 16.9 Å². The zero-order valence-electron chi connectivity index (χ0n) is 17.3. The Morgan fingerprint density at radius 3 is 2.48 bits per heavy atom. The van der Waals surface area contributed by atoms with Crippen LogP contribution in [0.15, 0.2) is 12.3 Å². The number of carbonyl (C=O) groups is 2. The second-order valence-electron chi connectivity index (χ2n) is 8.03. The highest BCUT2D eigenvalue weighted by atomic mass is 16.5. The van der Waals surface area contributed by atoms with Crippen molar-refractivity contribution in [2.45, 2.75) is 72.4 Å². The third-order valence-corrected chi connectivity index (χ3v) is 4.58. The van der Waals surface area contributed by atoms with Gasteiger partial charge >= 0.3 is 5.97 Å². The molecule has 0 aliphatic heterocycles. The quantitative estimate of drug-likeness (QED) is 0.748. The van der Waals surface area contributed by atoms with E-state index in [0.29, 0.717) is 16.6 Å². The van der Waals surface area contributed by atoms with E-state index in [1.807, 2.05) is 48.5 Å². The molecule has 2 heterocycles. The Labute approximate surface area is 160 Å². The van der Waals surface area contributed by atoms with Gasteiger partial charge < -0.3 is 10.1 Å². The Morgan fingerprint density at radius 1 is 1.26 bits per heavy atom. The number of carbonyl (C=O) groups excluding carboxylic acids is 2. The molecule has 0 atom stereocenters. The van der Waals surface area contributed by atoms with E-state index in [4.69, 9.17) is 4.74 Å². The number of hydrogen-bond acceptors (Lipinski definition) is 5. The second kappa shape index (κ2) is 8.06. The Balaban J connectivity index is 2.28. The molecule has 0 saturated heterocycles. The van der Waals surface area contributed by atoms with Crippen molar-refractivity contribution in [2.75, 3.05) is 6.61 Å². The molecule has 0 aliphatic carbocycles. The Hall–Kier alpha value is -2.44. The molecule has 0 fully saturated rings. The molecule has 1 N–H and O–H groups in total. The van der Waals surface area contributed by atoms with Gasteiger partial charge in [0.25, 0.3) is 5.91 Å². The normalized spacial score (nSPS) is 12.0. The minimum Gasteiger partial charge on any atom is -0.452 e.